The first-order chi connectivity index (χ1) is 8.25. The van der Waals surface area contributed by atoms with Crippen LogP contribution in [0.4, 0.5) is 0 Å². The van der Waals surface area contributed by atoms with Crippen molar-refractivity contribution < 1.29 is 12.4 Å². The quantitative estimate of drug-likeness (QED) is 0.897. The van der Waals surface area contributed by atoms with Crippen molar-refractivity contribution in [2.75, 3.05) is 0 Å². The zero-order valence-electron chi connectivity index (χ0n) is 9.67. The fourth-order valence-electron chi connectivity index (χ4n) is 1.60. The number of hydrogen-bond donors (Lipinski definition) is 1. The van der Waals surface area contributed by atoms with Crippen molar-refractivity contribution in [1.29, 1.82) is 0 Å². The van der Waals surface area contributed by atoms with Crippen LogP contribution in [0.1, 0.15) is 11.1 Å². The summed E-state index contributed by atoms with van der Waals surface area (Å²) in [5.41, 5.74) is 2.32. The fraction of sp³-hybridized carbons (Fsp3) is 0.143. The maximum absolute atomic E-state index is 6.09. The molecule has 0 heterocycles. The normalized spacial score (nSPS) is 9.89. The number of rotatable bonds is 4. The molecule has 0 atom stereocenters. The second-order valence-corrected chi connectivity index (χ2v) is 4.67. The monoisotopic (exact) mass is 300 g/mol. The Balaban J connectivity index is 0.00000162. The van der Waals surface area contributed by atoms with E-state index in [1.165, 1.54) is 5.56 Å². The first-order valence-electron chi connectivity index (χ1n) is 5.44. The Morgan fingerprint density at radius 1 is 0.889 bits per heavy atom. The molecule has 0 fully saturated rings. The smallest absolute Gasteiger partial charge is 0.0465 e. The molecule has 0 aromatic heterocycles. The summed E-state index contributed by atoms with van der Waals surface area (Å²) in [5, 5.41) is 4.73. The predicted octanol–water partition coefficient (Wildman–Crippen LogP) is 1.29. The summed E-state index contributed by atoms with van der Waals surface area (Å²) in [6, 6.07) is 15.8. The van der Waals surface area contributed by atoms with E-state index in [1.54, 1.807) is 6.07 Å². The summed E-state index contributed by atoms with van der Waals surface area (Å²) >= 11 is 11.9. The average Bonchev–Trinajstić information content (AvgIpc) is 2.33. The average molecular weight is 302 g/mol. The highest BCUT2D eigenvalue weighted by atomic mass is 35.5. The molecule has 1 N–H and O–H groups in total. The van der Waals surface area contributed by atoms with Gasteiger partial charge in [0.05, 0.1) is 0 Å². The van der Waals surface area contributed by atoms with Crippen LogP contribution in [-0.4, -0.2) is 0 Å². The Bertz CT molecular complexity index is 486. The number of halogens is 3. The third-order valence-corrected chi connectivity index (χ3v) is 3.09. The van der Waals surface area contributed by atoms with Gasteiger partial charge < -0.3 is 17.7 Å². The van der Waals surface area contributed by atoms with E-state index in [4.69, 9.17) is 23.2 Å². The van der Waals surface area contributed by atoms with E-state index >= 15 is 0 Å². The standard InChI is InChI=1S/C14H13Cl2N.ClH/c15-13-7-6-12(14(16)8-13)10-17-9-11-4-2-1-3-5-11;/h1-8,17H,9-10H2;1H/p-1. The minimum absolute atomic E-state index is 0. The highest BCUT2D eigenvalue weighted by molar-refractivity contribution is 6.35. The van der Waals surface area contributed by atoms with Gasteiger partial charge in [-0.3, -0.25) is 0 Å². The summed E-state index contributed by atoms with van der Waals surface area (Å²) in [6.45, 7) is 1.57. The van der Waals surface area contributed by atoms with Crippen LogP contribution in [0.2, 0.25) is 10.0 Å². The van der Waals surface area contributed by atoms with Gasteiger partial charge >= 0.3 is 0 Å². The van der Waals surface area contributed by atoms with Gasteiger partial charge in [0.15, 0.2) is 0 Å². The van der Waals surface area contributed by atoms with E-state index < -0.39 is 0 Å². The highest BCUT2D eigenvalue weighted by Gasteiger charge is 2.00. The summed E-state index contributed by atoms with van der Waals surface area (Å²) in [6.07, 6.45) is 0. The molecule has 2 aromatic rings. The lowest BCUT2D eigenvalue weighted by Crippen LogP contribution is -3.00. The molecule has 0 saturated carbocycles. The van der Waals surface area contributed by atoms with Crippen molar-refractivity contribution >= 4 is 23.2 Å². The SMILES string of the molecule is Clc1ccc(CNCc2ccccc2)c(Cl)c1.[Cl-]. The third kappa shape index (κ3) is 4.51. The second kappa shape index (κ2) is 7.65. The lowest BCUT2D eigenvalue weighted by Gasteiger charge is -2.07. The molecule has 0 spiro atoms. The largest absolute Gasteiger partial charge is 1.00 e. The molecule has 96 valence electrons. The van der Waals surface area contributed by atoms with Gasteiger partial charge in [-0.15, -0.1) is 0 Å². The molecular weight excluding hydrogens is 289 g/mol. The molecule has 0 aliphatic rings. The molecule has 0 aliphatic heterocycles. The Kier molecular flexibility index (Phi) is 6.51. The summed E-state index contributed by atoms with van der Waals surface area (Å²) in [4.78, 5) is 0. The first-order valence-corrected chi connectivity index (χ1v) is 6.20. The summed E-state index contributed by atoms with van der Waals surface area (Å²) < 4.78 is 0. The lowest BCUT2D eigenvalue weighted by atomic mass is 10.2. The van der Waals surface area contributed by atoms with Gasteiger partial charge in [0.1, 0.15) is 0 Å². The van der Waals surface area contributed by atoms with Gasteiger partial charge in [-0.1, -0.05) is 59.6 Å². The molecule has 1 nitrogen and oxygen atoms in total. The minimum Gasteiger partial charge on any atom is -1.00 e. The van der Waals surface area contributed by atoms with Gasteiger partial charge in [0, 0.05) is 23.1 Å². The zero-order chi connectivity index (χ0) is 12.1. The fourth-order valence-corrected chi connectivity index (χ4v) is 2.08. The summed E-state index contributed by atoms with van der Waals surface area (Å²) in [5.74, 6) is 0. The molecule has 0 amide bonds. The molecule has 0 saturated heterocycles. The van der Waals surface area contributed by atoms with Crippen molar-refractivity contribution in [3.8, 4) is 0 Å². The van der Waals surface area contributed by atoms with Crippen molar-refractivity contribution in [3.63, 3.8) is 0 Å². The molecule has 4 heteroatoms. The molecule has 18 heavy (non-hydrogen) atoms. The van der Waals surface area contributed by atoms with Crippen molar-refractivity contribution in [2.45, 2.75) is 13.1 Å². The Morgan fingerprint density at radius 3 is 2.28 bits per heavy atom. The van der Waals surface area contributed by atoms with E-state index in [1.807, 2.05) is 30.3 Å². The lowest BCUT2D eigenvalue weighted by molar-refractivity contribution is -0.00000326. The van der Waals surface area contributed by atoms with E-state index in [0.717, 1.165) is 18.7 Å². The maximum Gasteiger partial charge on any atom is 0.0465 e. The highest BCUT2D eigenvalue weighted by Crippen LogP contribution is 2.20. The molecule has 2 rings (SSSR count). The number of nitrogens with one attached hydrogen (secondary N) is 1. The number of benzene rings is 2. The molecule has 0 radical (unpaired) electrons. The van der Waals surface area contributed by atoms with E-state index in [9.17, 15) is 0 Å². The molecule has 2 aromatic carbocycles. The van der Waals surface area contributed by atoms with E-state index in [0.29, 0.717) is 10.0 Å². The van der Waals surface area contributed by atoms with Crippen molar-refractivity contribution in [2.24, 2.45) is 0 Å². The van der Waals surface area contributed by atoms with Gasteiger partial charge in [0.2, 0.25) is 0 Å². The van der Waals surface area contributed by atoms with Crippen molar-refractivity contribution in [1.82, 2.24) is 5.32 Å². The first kappa shape index (κ1) is 15.3. The van der Waals surface area contributed by atoms with Crippen molar-refractivity contribution in [3.05, 3.63) is 69.7 Å². The predicted molar refractivity (Wildman–Crippen MR) is 73.4 cm³/mol. The molecular formula is C14H13Cl3N-. The Morgan fingerprint density at radius 2 is 1.61 bits per heavy atom. The zero-order valence-corrected chi connectivity index (χ0v) is 11.9. The van der Waals surface area contributed by atoms with Crippen LogP contribution in [0, 0.1) is 0 Å². The third-order valence-electron chi connectivity index (χ3n) is 2.50. The van der Waals surface area contributed by atoms with Gasteiger partial charge in [0.25, 0.3) is 0 Å². The van der Waals surface area contributed by atoms with Gasteiger partial charge in [-0.25, -0.2) is 0 Å². The van der Waals surface area contributed by atoms with Gasteiger partial charge in [-0.05, 0) is 23.3 Å². The van der Waals surface area contributed by atoms with E-state index in [2.05, 4.69) is 17.4 Å². The van der Waals surface area contributed by atoms with Crippen LogP contribution in [0.15, 0.2) is 48.5 Å². The molecule has 0 bridgehead atoms. The van der Waals surface area contributed by atoms with Crippen LogP contribution in [0.5, 0.6) is 0 Å². The Hall–Kier alpha value is -0.730. The number of hydrogen-bond acceptors (Lipinski definition) is 1. The van der Waals surface area contributed by atoms with Gasteiger partial charge in [-0.2, -0.15) is 0 Å². The minimum atomic E-state index is 0. The van der Waals surface area contributed by atoms with Crippen LogP contribution >= 0.6 is 23.2 Å². The van der Waals surface area contributed by atoms with Crippen LogP contribution < -0.4 is 17.7 Å². The topological polar surface area (TPSA) is 12.0 Å². The molecule has 0 unspecified atom stereocenters. The van der Waals surface area contributed by atoms with Crippen LogP contribution in [0.3, 0.4) is 0 Å². The van der Waals surface area contributed by atoms with Crippen LogP contribution in [0.25, 0.3) is 0 Å². The summed E-state index contributed by atoms with van der Waals surface area (Å²) in [7, 11) is 0. The second-order valence-electron chi connectivity index (χ2n) is 3.82. The van der Waals surface area contributed by atoms with Crippen LogP contribution in [-0.2, 0) is 13.1 Å². The maximum atomic E-state index is 6.09. The van der Waals surface area contributed by atoms with E-state index in [-0.39, 0.29) is 12.4 Å². The Labute approximate surface area is 124 Å². The molecule has 0 aliphatic carbocycles.